The molecule has 106 valence electrons. The molecule has 0 saturated carbocycles. The van der Waals surface area contributed by atoms with Gasteiger partial charge in [0, 0.05) is 0 Å². The minimum atomic E-state index is -0.855. The highest BCUT2D eigenvalue weighted by molar-refractivity contribution is 5.66. The molecule has 0 aliphatic heterocycles. The monoisotopic (exact) mass is 276 g/mol. The Labute approximate surface area is 116 Å². The molecule has 1 heterocycles. The smallest absolute Gasteiger partial charge is 0.305 e. The van der Waals surface area contributed by atoms with Crippen LogP contribution in [-0.4, -0.2) is 28.0 Å². The molecule has 2 rings (SSSR count). The predicted octanol–water partition coefficient (Wildman–Crippen LogP) is 2.47. The molecule has 1 N–H and O–H groups in total. The molecule has 1 aromatic carbocycles. The number of benzene rings is 1. The number of nitrogens with zero attached hydrogens (tertiary/aromatic N) is 2. The summed E-state index contributed by atoms with van der Waals surface area (Å²) in [5, 5.41) is 12.8. The summed E-state index contributed by atoms with van der Waals surface area (Å²) >= 11 is 0. The summed E-state index contributed by atoms with van der Waals surface area (Å²) in [5.74, 6) is 0.952. The SMILES string of the molecule is COc1ccccc1Oc1cnn(CCC(=O)O)c1C. The maximum absolute atomic E-state index is 10.6. The summed E-state index contributed by atoms with van der Waals surface area (Å²) in [6.45, 7) is 2.15. The lowest BCUT2D eigenvalue weighted by Crippen LogP contribution is -2.07. The number of carbonyl (C=O) groups is 1. The van der Waals surface area contributed by atoms with Crippen LogP contribution in [0.2, 0.25) is 0 Å². The van der Waals surface area contributed by atoms with E-state index in [1.807, 2.05) is 19.1 Å². The van der Waals surface area contributed by atoms with Crippen LogP contribution in [0.5, 0.6) is 17.2 Å². The van der Waals surface area contributed by atoms with Crippen LogP contribution in [0.4, 0.5) is 0 Å². The van der Waals surface area contributed by atoms with E-state index in [0.717, 1.165) is 5.69 Å². The van der Waals surface area contributed by atoms with Crippen molar-refractivity contribution in [2.45, 2.75) is 19.9 Å². The van der Waals surface area contributed by atoms with E-state index in [4.69, 9.17) is 14.6 Å². The molecule has 0 fully saturated rings. The minimum Gasteiger partial charge on any atom is -0.493 e. The zero-order valence-electron chi connectivity index (χ0n) is 11.4. The van der Waals surface area contributed by atoms with E-state index in [1.54, 1.807) is 30.1 Å². The van der Waals surface area contributed by atoms with Gasteiger partial charge < -0.3 is 14.6 Å². The van der Waals surface area contributed by atoms with E-state index in [2.05, 4.69) is 5.10 Å². The third-order valence-electron chi connectivity index (χ3n) is 2.88. The normalized spacial score (nSPS) is 10.3. The van der Waals surface area contributed by atoms with Crippen LogP contribution in [-0.2, 0) is 11.3 Å². The lowest BCUT2D eigenvalue weighted by Gasteiger charge is -2.09. The van der Waals surface area contributed by atoms with E-state index in [1.165, 1.54) is 0 Å². The molecule has 0 radical (unpaired) electrons. The van der Waals surface area contributed by atoms with E-state index < -0.39 is 5.97 Å². The number of para-hydroxylation sites is 2. The number of aromatic nitrogens is 2. The van der Waals surface area contributed by atoms with Crippen LogP contribution in [0.3, 0.4) is 0 Å². The summed E-state index contributed by atoms with van der Waals surface area (Å²) in [4.78, 5) is 10.6. The Morgan fingerprint density at radius 1 is 1.30 bits per heavy atom. The molecule has 0 saturated heterocycles. The Bertz CT molecular complexity index is 607. The van der Waals surface area contributed by atoms with Crippen molar-refractivity contribution >= 4 is 5.97 Å². The van der Waals surface area contributed by atoms with Gasteiger partial charge in [0.15, 0.2) is 17.2 Å². The predicted molar refractivity (Wildman–Crippen MR) is 72.3 cm³/mol. The van der Waals surface area contributed by atoms with Gasteiger partial charge in [-0.2, -0.15) is 5.10 Å². The molecule has 0 bridgehead atoms. The molecule has 6 nitrogen and oxygen atoms in total. The van der Waals surface area contributed by atoms with Crippen molar-refractivity contribution in [3.8, 4) is 17.2 Å². The molecular weight excluding hydrogens is 260 g/mol. The lowest BCUT2D eigenvalue weighted by molar-refractivity contribution is -0.137. The Morgan fingerprint density at radius 3 is 2.65 bits per heavy atom. The van der Waals surface area contributed by atoms with Crippen LogP contribution in [0.15, 0.2) is 30.5 Å². The molecule has 0 amide bonds. The van der Waals surface area contributed by atoms with Crippen molar-refractivity contribution in [1.29, 1.82) is 0 Å². The van der Waals surface area contributed by atoms with Crippen LogP contribution in [0.25, 0.3) is 0 Å². The molecule has 1 aromatic heterocycles. The van der Waals surface area contributed by atoms with Crippen LogP contribution in [0.1, 0.15) is 12.1 Å². The number of ether oxygens (including phenoxy) is 2. The summed E-state index contributed by atoms with van der Waals surface area (Å²) in [6.07, 6.45) is 1.60. The molecule has 0 unspecified atom stereocenters. The highest BCUT2D eigenvalue weighted by Crippen LogP contribution is 2.32. The highest BCUT2D eigenvalue weighted by atomic mass is 16.5. The molecule has 2 aromatic rings. The first-order valence-electron chi connectivity index (χ1n) is 6.17. The molecule has 0 aliphatic carbocycles. The first kappa shape index (κ1) is 13.9. The van der Waals surface area contributed by atoms with Gasteiger partial charge in [0.2, 0.25) is 0 Å². The number of hydrogen-bond donors (Lipinski definition) is 1. The second-order valence-electron chi connectivity index (χ2n) is 4.21. The minimum absolute atomic E-state index is 0.0244. The number of rotatable bonds is 6. The molecule has 20 heavy (non-hydrogen) atoms. The van der Waals surface area contributed by atoms with Crippen LogP contribution in [0, 0.1) is 6.92 Å². The zero-order valence-corrected chi connectivity index (χ0v) is 11.4. The van der Waals surface area contributed by atoms with Crippen molar-refractivity contribution in [1.82, 2.24) is 9.78 Å². The van der Waals surface area contributed by atoms with E-state index in [0.29, 0.717) is 23.8 Å². The average molecular weight is 276 g/mol. The summed E-state index contributed by atoms with van der Waals surface area (Å²) in [5.41, 5.74) is 0.775. The zero-order chi connectivity index (χ0) is 14.5. The maximum atomic E-state index is 10.6. The summed E-state index contributed by atoms with van der Waals surface area (Å²) in [6, 6.07) is 7.31. The average Bonchev–Trinajstić information content (AvgIpc) is 2.78. The van der Waals surface area contributed by atoms with Crippen molar-refractivity contribution in [2.75, 3.05) is 7.11 Å². The number of carboxylic acids is 1. The van der Waals surface area contributed by atoms with E-state index in [-0.39, 0.29) is 6.42 Å². The van der Waals surface area contributed by atoms with Crippen molar-refractivity contribution in [3.05, 3.63) is 36.2 Å². The molecule has 0 spiro atoms. The first-order valence-corrected chi connectivity index (χ1v) is 6.17. The molecule has 0 atom stereocenters. The lowest BCUT2D eigenvalue weighted by atomic mass is 10.3. The molecule has 0 aliphatic rings. The fraction of sp³-hybridized carbons (Fsp3) is 0.286. The van der Waals surface area contributed by atoms with Gasteiger partial charge in [-0.15, -0.1) is 0 Å². The maximum Gasteiger partial charge on any atom is 0.305 e. The van der Waals surface area contributed by atoms with Gasteiger partial charge >= 0.3 is 5.97 Å². The van der Waals surface area contributed by atoms with Crippen molar-refractivity contribution in [2.24, 2.45) is 0 Å². The summed E-state index contributed by atoms with van der Waals surface area (Å²) in [7, 11) is 1.57. The van der Waals surface area contributed by atoms with Gasteiger partial charge in [0.05, 0.1) is 32.0 Å². The standard InChI is InChI=1S/C14H16N2O4/c1-10-13(9-15-16(10)8-7-14(17)18)20-12-6-4-3-5-11(12)19-2/h3-6,9H,7-8H2,1-2H3,(H,17,18). The van der Waals surface area contributed by atoms with Gasteiger partial charge in [-0.25, -0.2) is 0 Å². The largest absolute Gasteiger partial charge is 0.493 e. The summed E-state index contributed by atoms with van der Waals surface area (Å²) < 4.78 is 12.6. The number of aliphatic carboxylic acids is 1. The number of carboxylic acid groups (broad SMARTS) is 1. The fourth-order valence-electron chi connectivity index (χ4n) is 1.78. The van der Waals surface area contributed by atoms with Gasteiger partial charge in [-0.3, -0.25) is 9.48 Å². The molecule has 6 heteroatoms. The number of methoxy groups -OCH3 is 1. The van der Waals surface area contributed by atoms with Crippen LogP contribution < -0.4 is 9.47 Å². The van der Waals surface area contributed by atoms with E-state index >= 15 is 0 Å². The fourth-order valence-corrected chi connectivity index (χ4v) is 1.78. The number of hydrogen-bond acceptors (Lipinski definition) is 4. The second-order valence-corrected chi connectivity index (χ2v) is 4.21. The topological polar surface area (TPSA) is 73.6 Å². The van der Waals surface area contributed by atoms with Gasteiger partial charge in [0.1, 0.15) is 0 Å². The quantitative estimate of drug-likeness (QED) is 0.877. The number of aryl methyl sites for hydroxylation is 1. The van der Waals surface area contributed by atoms with Gasteiger partial charge in [-0.1, -0.05) is 12.1 Å². The Balaban J connectivity index is 2.16. The first-order chi connectivity index (χ1) is 9.61. The van der Waals surface area contributed by atoms with Crippen LogP contribution >= 0.6 is 0 Å². The van der Waals surface area contributed by atoms with Crippen molar-refractivity contribution < 1.29 is 19.4 Å². The van der Waals surface area contributed by atoms with Gasteiger partial charge in [-0.05, 0) is 19.1 Å². The Hall–Kier alpha value is -2.50. The second kappa shape index (κ2) is 6.10. The van der Waals surface area contributed by atoms with Gasteiger partial charge in [0.25, 0.3) is 0 Å². The Morgan fingerprint density at radius 2 is 2.00 bits per heavy atom. The van der Waals surface area contributed by atoms with E-state index in [9.17, 15) is 4.79 Å². The highest BCUT2D eigenvalue weighted by Gasteiger charge is 2.11. The van der Waals surface area contributed by atoms with Crippen molar-refractivity contribution in [3.63, 3.8) is 0 Å². The third kappa shape index (κ3) is 3.09. The Kier molecular flexibility index (Phi) is 4.24. The third-order valence-corrected chi connectivity index (χ3v) is 2.88. The molecular formula is C14H16N2O4.